The average molecular weight is 291 g/mol. The Morgan fingerprint density at radius 1 is 1.10 bits per heavy atom. The van der Waals surface area contributed by atoms with Gasteiger partial charge < -0.3 is 9.73 Å². The smallest absolute Gasteiger partial charge is 0.118 e. The maximum atomic E-state index is 12.2. The SMILES string of the molecule is CCCNCc1ccc(CS(=O)c2ccc(C)cc2)o1. The molecule has 0 amide bonds. The van der Waals surface area contributed by atoms with Crippen molar-refractivity contribution >= 4 is 10.8 Å². The van der Waals surface area contributed by atoms with Gasteiger partial charge in [0, 0.05) is 4.90 Å². The van der Waals surface area contributed by atoms with Crippen LogP contribution in [0.15, 0.2) is 45.7 Å². The zero-order valence-corrected chi connectivity index (χ0v) is 12.8. The molecule has 20 heavy (non-hydrogen) atoms. The summed E-state index contributed by atoms with van der Waals surface area (Å²) >= 11 is 0. The zero-order chi connectivity index (χ0) is 14.4. The van der Waals surface area contributed by atoms with Crippen LogP contribution in [0.25, 0.3) is 0 Å². The first-order valence-electron chi connectivity index (χ1n) is 6.92. The maximum absolute atomic E-state index is 12.2. The summed E-state index contributed by atoms with van der Waals surface area (Å²) in [5, 5.41) is 3.29. The highest BCUT2D eigenvalue weighted by Crippen LogP contribution is 2.15. The standard InChI is InChI=1S/C16H21NO2S/c1-3-10-17-11-14-6-7-15(19-14)12-20(18)16-8-4-13(2)5-9-16/h4-9,17H,3,10-12H2,1-2H3. The normalized spacial score (nSPS) is 12.5. The predicted molar refractivity (Wildman–Crippen MR) is 82.0 cm³/mol. The van der Waals surface area contributed by atoms with Crippen LogP contribution in [-0.2, 0) is 23.1 Å². The number of rotatable bonds is 7. The van der Waals surface area contributed by atoms with Crippen molar-refractivity contribution in [2.75, 3.05) is 6.54 Å². The van der Waals surface area contributed by atoms with Crippen LogP contribution in [-0.4, -0.2) is 10.8 Å². The fourth-order valence-electron chi connectivity index (χ4n) is 1.89. The van der Waals surface area contributed by atoms with Crippen LogP contribution in [0.3, 0.4) is 0 Å². The molecule has 1 heterocycles. The van der Waals surface area contributed by atoms with Gasteiger partial charge >= 0.3 is 0 Å². The zero-order valence-electron chi connectivity index (χ0n) is 12.0. The molecule has 108 valence electrons. The van der Waals surface area contributed by atoms with Gasteiger partial charge in [0.15, 0.2) is 0 Å². The highest BCUT2D eigenvalue weighted by molar-refractivity contribution is 7.84. The van der Waals surface area contributed by atoms with Crippen molar-refractivity contribution in [2.24, 2.45) is 0 Å². The molecule has 0 saturated carbocycles. The second-order valence-corrected chi connectivity index (χ2v) is 6.30. The second kappa shape index (κ2) is 7.41. The summed E-state index contributed by atoms with van der Waals surface area (Å²) in [6.07, 6.45) is 1.10. The quantitative estimate of drug-likeness (QED) is 0.795. The molecule has 0 fully saturated rings. The Kier molecular flexibility index (Phi) is 5.56. The molecule has 4 heteroatoms. The number of furan rings is 1. The van der Waals surface area contributed by atoms with Crippen LogP contribution in [0.4, 0.5) is 0 Å². The minimum atomic E-state index is -1.05. The third kappa shape index (κ3) is 4.32. The molecular weight excluding hydrogens is 270 g/mol. The van der Waals surface area contributed by atoms with Crippen molar-refractivity contribution in [1.29, 1.82) is 0 Å². The van der Waals surface area contributed by atoms with Gasteiger partial charge in [-0.25, -0.2) is 0 Å². The molecule has 0 bridgehead atoms. The maximum Gasteiger partial charge on any atom is 0.118 e. The van der Waals surface area contributed by atoms with E-state index in [1.54, 1.807) is 0 Å². The van der Waals surface area contributed by atoms with Gasteiger partial charge in [0.2, 0.25) is 0 Å². The van der Waals surface area contributed by atoms with Crippen LogP contribution in [0.1, 0.15) is 30.4 Å². The summed E-state index contributed by atoms with van der Waals surface area (Å²) in [6.45, 7) is 5.86. The lowest BCUT2D eigenvalue weighted by Crippen LogP contribution is -2.13. The van der Waals surface area contributed by atoms with E-state index < -0.39 is 10.8 Å². The molecule has 2 rings (SSSR count). The molecule has 0 aliphatic rings. The molecule has 1 aromatic carbocycles. The number of benzene rings is 1. The lowest BCUT2D eigenvalue weighted by molar-refractivity contribution is 0.458. The van der Waals surface area contributed by atoms with Gasteiger partial charge in [0.1, 0.15) is 11.5 Å². The van der Waals surface area contributed by atoms with Crippen LogP contribution in [0, 0.1) is 6.92 Å². The fourth-order valence-corrected chi connectivity index (χ4v) is 2.91. The lowest BCUT2D eigenvalue weighted by atomic mass is 10.2. The van der Waals surface area contributed by atoms with Gasteiger partial charge in [-0.2, -0.15) is 0 Å². The average Bonchev–Trinajstić information content (AvgIpc) is 2.87. The molecule has 0 spiro atoms. The van der Waals surface area contributed by atoms with Gasteiger partial charge in [0.05, 0.1) is 23.1 Å². The van der Waals surface area contributed by atoms with Gasteiger partial charge in [-0.1, -0.05) is 24.6 Å². The van der Waals surface area contributed by atoms with E-state index in [0.29, 0.717) is 5.75 Å². The van der Waals surface area contributed by atoms with Crippen molar-refractivity contribution in [1.82, 2.24) is 5.32 Å². The molecule has 1 aromatic heterocycles. The van der Waals surface area contributed by atoms with Crippen molar-refractivity contribution < 1.29 is 8.63 Å². The Balaban J connectivity index is 1.92. The fraction of sp³-hybridized carbons (Fsp3) is 0.375. The number of aryl methyl sites for hydroxylation is 1. The van der Waals surface area contributed by atoms with Crippen LogP contribution >= 0.6 is 0 Å². The Hall–Kier alpha value is -1.39. The van der Waals surface area contributed by atoms with Crippen LogP contribution in [0.2, 0.25) is 0 Å². The largest absolute Gasteiger partial charge is 0.464 e. The molecule has 0 aliphatic heterocycles. The molecule has 3 nitrogen and oxygen atoms in total. The Bertz CT molecular complexity index is 560. The first-order valence-corrected chi connectivity index (χ1v) is 8.24. The summed E-state index contributed by atoms with van der Waals surface area (Å²) in [5.74, 6) is 2.10. The van der Waals surface area contributed by atoms with Gasteiger partial charge in [-0.3, -0.25) is 4.21 Å². The molecule has 0 saturated heterocycles. The number of hydrogen-bond donors (Lipinski definition) is 1. The topological polar surface area (TPSA) is 42.2 Å². The first kappa shape index (κ1) is 15.0. The van der Waals surface area contributed by atoms with E-state index in [2.05, 4.69) is 12.2 Å². The van der Waals surface area contributed by atoms with E-state index in [1.807, 2.05) is 43.3 Å². The second-order valence-electron chi connectivity index (χ2n) is 4.85. The molecule has 1 N–H and O–H groups in total. The Labute approximate surface area is 122 Å². The van der Waals surface area contributed by atoms with E-state index >= 15 is 0 Å². The van der Waals surface area contributed by atoms with E-state index in [4.69, 9.17) is 4.42 Å². The lowest BCUT2D eigenvalue weighted by Gasteiger charge is -2.02. The van der Waals surface area contributed by atoms with Crippen molar-refractivity contribution in [2.45, 2.75) is 37.5 Å². The Morgan fingerprint density at radius 3 is 2.50 bits per heavy atom. The van der Waals surface area contributed by atoms with Gasteiger partial charge in [-0.05, 0) is 44.2 Å². The van der Waals surface area contributed by atoms with E-state index in [-0.39, 0.29) is 0 Å². The minimum absolute atomic E-state index is 0.427. The Morgan fingerprint density at radius 2 is 1.80 bits per heavy atom. The summed E-state index contributed by atoms with van der Waals surface area (Å²) in [7, 11) is -1.05. The minimum Gasteiger partial charge on any atom is -0.464 e. The predicted octanol–water partition coefficient (Wildman–Crippen LogP) is 3.40. The van der Waals surface area contributed by atoms with Crippen molar-refractivity contribution in [3.63, 3.8) is 0 Å². The summed E-state index contributed by atoms with van der Waals surface area (Å²) in [4.78, 5) is 0.845. The number of nitrogens with one attached hydrogen (secondary N) is 1. The monoisotopic (exact) mass is 291 g/mol. The molecular formula is C16H21NO2S. The van der Waals surface area contributed by atoms with E-state index in [9.17, 15) is 4.21 Å². The van der Waals surface area contributed by atoms with Crippen LogP contribution < -0.4 is 5.32 Å². The summed E-state index contributed by atoms with van der Waals surface area (Å²) < 4.78 is 17.9. The molecule has 2 aromatic rings. The highest BCUT2D eigenvalue weighted by Gasteiger charge is 2.08. The summed E-state index contributed by atoms with van der Waals surface area (Å²) in [6, 6.07) is 11.7. The first-order chi connectivity index (χ1) is 9.69. The third-order valence-electron chi connectivity index (χ3n) is 3.00. The van der Waals surface area contributed by atoms with E-state index in [0.717, 1.165) is 35.9 Å². The number of hydrogen-bond acceptors (Lipinski definition) is 3. The summed E-state index contributed by atoms with van der Waals surface area (Å²) in [5.41, 5.74) is 1.17. The van der Waals surface area contributed by atoms with Crippen LogP contribution in [0.5, 0.6) is 0 Å². The third-order valence-corrected chi connectivity index (χ3v) is 4.35. The molecule has 1 unspecified atom stereocenters. The van der Waals surface area contributed by atoms with Crippen molar-refractivity contribution in [3.8, 4) is 0 Å². The van der Waals surface area contributed by atoms with Gasteiger partial charge in [0.25, 0.3) is 0 Å². The highest BCUT2D eigenvalue weighted by atomic mass is 32.2. The van der Waals surface area contributed by atoms with Gasteiger partial charge in [-0.15, -0.1) is 0 Å². The molecule has 0 radical (unpaired) electrons. The molecule has 1 atom stereocenters. The van der Waals surface area contributed by atoms with E-state index in [1.165, 1.54) is 5.56 Å². The molecule has 0 aliphatic carbocycles. The van der Waals surface area contributed by atoms with Crippen molar-refractivity contribution in [3.05, 3.63) is 53.5 Å².